The number of piperazine rings is 1. The standard InChI is InChI=1S/C48H54N6O5/c1-48(2,59)43-16-8-34(28-49-43)39-5-3-4-33-27-38(55)12-14-40(33)45(39)32-6-9-36(10-7-32)52-20-18-31(19-21-52)29-51-22-24-53(25-23-51)37-11-13-41-35(26-37)30-54(47(41)58)42-15-17-44(56)50-46(42)57/h6-14,16,26-28,31,42,55,59H,3-5,15,17-25,29-30H2,1-2H3,(H,50,56,57)/t42-/m1/s1. The van der Waals surface area contributed by atoms with Crippen LogP contribution in [0.15, 0.2) is 79.0 Å². The molecule has 11 nitrogen and oxygen atoms in total. The fourth-order valence-electron chi connectivity index (χ4n) is 9.85. The number of aromatic nitrogens is 1. The topological polar surface area (TPSA) is 130 Å². The lowest BCUT2D eigenvalue weighted by atomic mass is 9.87. The van der Waals surface area contributed by atoms with E-state index in [9.17, 15) is 24.6 Å². The van der Waals surface area contributed by atoms with Gasteiger partial charge in [0.05, 0.1) is 5.69 Å². The Morgan fingerprint density at radius 1 is 0.746 bits per heavy atom. The molecule has 9 rings (SSSR count). The lowest BCUT2D eigenvalue weighted by Crippen LogP contribution is -2.52. The summed E-state index contributed by atoms with van der Waals surface area (Å²) >= 11 is 0. The number of rotatable bonds is 8. The van der Waals surface area contributed by atoms with Crippen molar-refractivity contribution in [3.8, 4) is 5.75 Å². The summed E-state index contributed by atoms with van der Waals surface area (Å²) in [7, 11) is 0. The van der Waals surface area contributed by atoms with Gasteiger partial charge in [-0.15, -0.1) is 0 Å². The highest BCUT2D eigenvalue weighted by Gasteiger charge is 2.39. The largest absolute Gasteiger partial charge is 0.508 e. The first-order chi connectivity index (χ1) is 28.5. The maximum absolute atomic E-state index is 13.2. The van der Waals surface area contributed by atoms with E-state index in [1.165, 1.54) is 16.8 Å². The SMILES string of the molecule is CC(C)(O)c1ccc(C2=C(c3ccc(N4CCC(CN5CCN(c6ccc7c(c6)CN([C@@H]6CCC(=O)NC6=O)C7=O)CC5)CC4)cc3)c3ccc(O)cc3CCC2)cn1. The minimum atomic E-state index is -1.01. The van der Waals surface area contributed by atoms with Gasteiger partial charge in [-0.25, -0.2) is 0 Å². The lowest BCUT2D eigenvalue weighted by Gasteiger charge is -2.40. The number of aliphatic hydroxyl groups is 1. The highest BCUT2D eigenvalue weighted by Crippen LogP contribution is 2.41. The summed E-state index contributed by atoms with van der Waals surface area (Å²) in [6.07, 6.45) is 7.59. The van der Waals surface area contributed by atoms with E-state index in [1.54, 1.807) is 24.8 Å². The van der Waals surface area contributed by atoms with Crippen molar-refractivity contribution in [1.29, 1.82) is 0 Å². The second-order valence-electron chi connectivity index (χ2n) is 17.5. The number of nitrogens with one attached hydrogen (secondary N) is 1. The minimum Gasteiger partial charge on any atom is -0.508 e. The molecule has 3 amide bonds. The molecule has 11 heteroatoms. The number of benzene rings is 3. The normalized spacial score (nSPS) is 20.8. The number of carbonyl (C=O) groups excluding carboxylic acids is 3. The van der Waals surface area contributed by atoms with Gasteiger partial charge in [0.1, 0.15) is 17.4 Å². The number of phenols is 1. The van der Waals surface area contributed by atoms with Gasteiger partial charge in [-0.05, 0) is 146 Å². The first kappa shape index (κ1) is 39.0. The Morgan fingerprint density at radius 2 is 1.46 bits per heavy atom. The van der Waals surface area contributed by atoms with E-state index in [4.69, 9.17) is 0 Å². The second kappa shape index (κ2) is 15.9. The van der Waals surface area contributed by atoms with Crippen LogP contribution in [0.3, 0.4) is 0 Å². The summed E-state index contributed by atoms with van der Waals surface area (Å²) in [5.74, 6) is 0.168. The van der Waals surface area contributed by atoms with Crippen molar-refractivity contribution in [2.75, 3.05) is 55.6 Å². The molecule has 5 heterocycles. The molecule has 4 aliphatic heterocycles. The van der Waals surface area contributed by atoms with Gasteiger partial charge in [0.2, 0.25) is 11.8 Å². The molecule has 0 unspecified atom stereocenters. The van der Waals surface area contributed by atoms with E-state index in [2.05, 4.69) is 67.5 Å². The molecule has 1 aromatic heterocycles. The lowest BCUT2D eigenvalue weighted by molar-refractivity contribution is -0.136. The number of allylic oxidation sites excluding steroid dienone is 1. The predicted octanol–water partition coefficient (Wildman–Crippen LogP) is 6.11. The summed E-state index contributed by atoms with van der Waals surface area (Å²) in [5.41, 5.74) is 10.5. The molecule has 5 aliphatic rings. The number of aromatic hydroxyl groups is 1. The van der Waals surface area contributed by atoms with Gasteiger partial charge in [0, 0.05) is 81.9 Å². The molecule has 1 atom stereocenters. The van der Waals surface area contributed by atoms with Crippen LogP contribution < -0.4 is 15.1 Å². The van der Waals surface area contributed by atoms with Crippen LogP contribution in [-0.2, 0) is 28.2 Å². The number of imide groups is 1. The van der Waals surface area contributed by atoms with E-state index in [0.29, 0.717) is 35.9 Å². The average molecular weight is 795 g/mol. The summed E-state index contributed by atoms with van der Waals surface area (Å²) < 4.78 is 0. The molecule has 1 aliphatic carbocycles. The van der Waals surface area contributed by atoms with Crippen LogP contribution in [0.4, 0.5) is 11.4 Å². The molecule has 4 aromatic rings. The quantitative estimate of drug-likeness (QED) is 0.181. The molecule has 0 spiro atoms. The van der Waals surface area contributed by atoms with Crippen molar-refractivity contribution in [2.45, 2.75) is 77.0 Å². The zero-order valence-corrected chi connectivity index (χ0v) is 34.1. The predicted molar refractivity (Wildman–Crippen MR) is 229 cm³/mol. The molecule has 0 saturated carbocycles. The maximum atomic E-state index is 13.2. The van der Waals surface area contributed by atoms with Crippen LogP contribution in [0.5, 0.6) is 5.75 Å². The maximum Gasteiger partial charge on any atom is 0.255 e. The van der Waals surface area contributed by atoms with Gasteiger partial charge in [0.15, 0.2) is 0 Å². The van der Waals surface area contributed by atoms with Gasteiger partial charge in [-0.1, -0.05) is 24.3 Å². The Morgan fingerprint density at radius 3 is 2.17 bits per heavy atom. The van der Waals surface area contributed by atoms with Crippen molar-refractivity contribution in [1.82, 2.24) is 20.1 Å². The number of nitrogens with zero attached hydrogens (tertiary/aromatic N) is 5. The van der Waals surface area contributed by atoms with Gasteiger partial charge in [-0.3, -0.25) is 29.6 Å². The summed E-state index contributed by atoms with van der Waals surface area (Å²) in [5, 5.41) is 23.3. The second-order valence-corrected chi connectivity index (χ2v) is 17.5. The fourth-order valence-corrected chi connectivity index (χ4v) is 9.85. The zero-order valence-electron chi connectivity index (χ0n) is 34.1. The van der Waals surface area contributed by atoms with Crippen LogP contribution in [0.1, 0.15) is 96.2 Å². The van der Waals surface area contributed by atoms with Crippen LogP contribution in [-0.4, -0.2) is 94.6 Å². The smallest absolute Gasteiger partial charge is 0.255 e. The number of carbonyl (C=O) groups is 3. The average Bonchev–Trinajstić information content (AvgIpc) is 3.43. The molecule has 3 saturated heterocycles. The Hall–Kier alpha value is -5.52. The van der Waals surface area contributed by atoms with Gasteiger partial charge >= 0.3 is 0 Å². The van der Waals surface area contributed by atoms with Crippen LogP contribution in [0.25, 0.3) is 11.1 Å². The van der Waals surface area contributed by atoms with Gasteiger partial charge in [0.25, 0.3) is 5.91 Å². The number of pyridine rings is 1. The molecule has 3 fully saturated rings. The summed E-state index contributed by atoms with van der Waals surface area (Å²) in [6, 6.07) is 24.3. The van der Waals surface area contributed by atoms with Crippen molar-refractivity contribution in [3.63, 3.8) is 0 Å². The fraction of sp³-hybridized carbons (Fsp3) is 0.417. The Bertz CT molecular complexity index is 2280. The Labute approximate surface area is 346 Å². The third kappa shape index (κ3) is 7.98. The highest BCUT2D eigenvalue weighted by molar-refractivity contribution is 6.05. The number of amides is 3. The van der Waals surface area contributed by atoms with Crippen molar-refractivity contribution < 1.29 is 24.6 Å². The van der Waals surface area contributed by atoms with E-state index in [0.717, 1.165) is 111 Å². The van der Waals surface area contributed by atoms with E-state index < -0.39 is 11.6 Å². The third-order valence-electron chi connectivity index (χ3n) is 13.2. The number of aryl methyl sites for hydroxylation is 1. The molecule has 59 heavy (non-hydrogen) atoms. The number of hydrogen-bond donors (Lipinski definition) is 3. The van der Waals surface area contributed by atoms with Crippen molar-refractivity contribution >= 4 is 40.2 Å². The molecular weight excluding hydrogens is 741 g/mol. The molecule has 306 valence electrons. The number of anilines is 2. The summed E-state index contributed by atoms with van der Waals surface area (Å²) in [4.78, 5) is 51.1. The van der Waals surface area contributed by atoms with Crippen LogP contribution in [0.2, 0.25) is 0 Å². The highest BCUT2D eigenvalue weighted by atomic mass is 16.3. The molecule has 3 aromatic carbocycles. The number of fused-ring (bicyclic) bond motifs is 2. The molecule has 0 radical (unpaired) electrons. The van der Waals surface area contributed by atoms with Crippen molar-refractivity contribution in [2.24, 2.45) is 5.92 Å². The van der Waals surface area contributed by atoms with Crippen LogP contribution in [0, 0.1) is 5.92 Å². The monoisotopic (exact) mass is 794 g/mol. The molecular formula is C48H54N6O5. The van der Waals surface area contributed by atoms with Gasteiger partial charge in [-0.2, -0.15) is 0 Å². The van der Waals surface area contributed by atoms with E-state index in [1.807, 2.05) is 30.5 Å². The number of piperidine rings is 2. The third-order valence-corrected chi connectivity index (χ3v) is 13.2. The first-order valence-electron chi connectivity index (χ1n) is 21.3. The minimum absolute atomic E-state index is 0.131. The van der Waals surface area contributed by atoms with Crippen LogP contribution >= 0.6 is 0 Å². The Kier molecular flexibility index (Phi) is 10.5. The number of hydrogen-bond acceptors (Lipinski definition) is 9. The Balaban J connectivity index is 0.812. The molecule has 0 bridgehead atoms. The van der Waals surface area contributed by atoms with E-state index in [-0.39, 0.29) is 24.1 Å². The molecule has 3 N–H and O–H groups in total. The zero-order chi connectivity index (χ0) is 40.8. The van der Waals surface area contributed by atoms with Crippen molar-refractivity contribution in [3.05, 3.63) is 118 Å². The van der Waals surface area contributed by atoms with Gasteiger partial charge < -0.3 is 24.9 Å². The number of phenolic OH excluding ortho intramolecular Hbond substituents is 1. The summed E-state index contributed by atoms with van der Waals surface area (Å²) in [6.45, 7) is 10.9. The first-order valence-corrected chi connectivity index (χ1v) is 21.3. The van der Waals surface area contributed by atoms with E-state index >= 15 is 0 Å².